The van der Waals surface area contributed by atoms with Gasteiger partial charge in [-0.05, 0) is 13.8 Å². The molecule has 1 heterocycles. The van der Waals surface area contributed by atoms with Crippen molar-refractivity contribution >= 4 is 5.91 Å². The van der Waals surface area contributed by atoms with Gasteiger partial charge in [0.05, 0.1) is 13.2 Å². The lowest BCUT2D eigenvalue weighted by Crippen LogP contribution is -2.38. The molecule has 0 atom stereocenters. The number of carbonyl (C=O) groups is 1. The summed E-state index contributed by atoms with van der Waals surface area (Å²) >= 11 is 0. The van der Waals surface area contributed by atoms with Crippen LogP contribution in [0.2, 0.25) is 0 Å². The molecule has 0 saturated heterocycles. The van der Waals surface area contributed by atoms with Crippen LogP contribution >= 0.6 is 0 Å². The fourth-order valence-corrected chi connectivity index (χ4v) is 1.54. The Morgan fingerprint density at radius 2 is 2.00 bits per heavy atom. The normalized spacial score (nSPS) is 15.1. The van der Waals surface area contributed by atoms with Crippen LogP contribution in [0.5, 0.6) is 0 Å². The lowest BCUT2D eigenvalue weighted by molar-refractivity contribution is -0.131. The van der Waals surface area contributed by atoms with Gasteiger partial charge in [0, 0.05) is 32.5 Å². The van der Waals surface area contributed by atoms with Crippen molar-refractivity contribution < 1.29 is 4.79 Å². The van der Waals surface area contributed by atoms with Gasteiger partial charge in [-0.15, -0.1) is 0 Å². The summed E-state index contributed by atoms with van der Waals surface area (Å²) in [5, 5.41) is 0. The number of hydrogen-bond acceptors (Lipinski definition) is 3. The van der Waals surface area contributed by atoms with E-state index in [1.807, 2.05) is 43.1 Å². The summed E-state index contributed by atoms with van der Waals surface area (Å²) < 4.78 is 0. The summed E-state index contributed by atoms with van der Waals surface area (Å²) in [6.45, 7) is 6.90. The van der Waals surface area contributed by atoms with Crippen molar-refractivity contribution in [2.24, 2.45) is 0 Å². The first-order chi connectivity index (χ1) is 6.67. The topological polar surface area (TPSA) is 26.8 Å². The first-order valence-electron chi connectivity index (χ1n) is 5.07. The van der Waals surface area contributed by atoms with E-state index in [4.69, 9.17) is 0 Å². The van der Waals surface area contributed by atoms with E-state index in [2.05, 4.69) is 4.90 Å². The molecule has 0 aromatic rings. The van der Waals surface area contributed by atoms with Gasteiger partial charge >= 0.3 is 0 Å². The van der Waals surface area contributed by atoms with Crippen molar-refractivity contribution in [3.8, 4) is 0 Å². The van der Waals surface area contributed by atoms with E-state index in [-0.39, 0.29) is 5.91 Å². The van der Waals surface area contributed by atoms with Crippen LogP contribution in [0.1, 0.15) is 13.8 Å². The molecule has 0 saturated carbocycles. The van der Waals surface area contributed by atoms with E-state index in [1.54, 1.807) is 0 Å². The first kappa shape index (κ1) is 10.9. The first-order valence-corrected chi connectivity index (χ1v) is 5.07. The van der Waals surface area contributed by atoms with Gasteiger partial charge in [-0.2, -0.15) is 0 Å². The molecular weight excluding hydrogens is 178 g/mol. The highest BCUT2D eigenvalue weighted by Crippen LogP contribution is 2.03. The van der Waals surface area contributed by atoms with E-state index >= 15 is 0 Å². The Hall–Kier alpha value is -1.19. The molecule has 0 bridgehead atoms. The van der Waals surface area contributed by atoms with Crippen LogP contribution in [0.15, 0.2) is 12.4 Å². The van der Waals surface area contributed by atoms with Gasteiger partial charge in [0.2, 0.25) is 5.91 Å². The lowest BCUT2D eigenvalue weighted by atomic mass is 10.4. The SMILES string of the molecule is CCN(CC)C(=O)CN1C=CN(C)C1. The third kappa shape index (κ3) is 2.65. The Morgan fingerprint density at radius 1 is 1.36 bits per heavy atom. The molecule has 0 spiro atoms. The summed E-state index contributed by atoms with van der Waals surface area (Å²) in [4.78, 5) is 17.6. The van der Waals surface area contributed by atoms with Crippen LogP contribution in [0.3, 0.4) is 0 Å². The molecule has 1 amide bonds. The van der Waals surface area contributed by atoms with Crippen molar-refractivity contribution in [2.75, 3.05) is 33.4 Å². The number of nitrogens with zero attached hydrogens (tertiary/aromatic N) is 3. The molecule has 0 aliphatic carbocycles. The average molecular weight is 197 g/mol. The minimum Gasteiger partial charge on any atom is -0.362 e. The van der Waals surface area contributed by atoms with Crippen LogP contribution in [-0.2, 0) is 4.79 Å². The second-order valence-corrected chi connectivity index (χ2v) is 3.51. The van der Waals surface area contributed by atoms with Crippen molar-refractivity contribution in [1.29, 1.82) is 0 Å². The molecule has 1 aliphatic rings. The Balaban J connectivity index is 2.37. The Kier molecular flexibility index (Phi) is 3.80. The molecule has 1 rings (SSSR count). The molecule has 0 fully saturated rings. The predicted octanol–water partition coefficient (Wildman–Crippen LogP) is 0.531. The number of rotatable bonds is 4. The third-order valence-corrected chi connectivity index (χ3v) is 2.39. The van der Waals surface area contributed by atoms with E-state index in [1.165, 1.54) is 0 Å². The highest BCUT2D eigenvalue weighted by molar-refractivity contribution is 5.78. The lowest BCUT2D eigenvalue weighted by Gasteiger charge is -2.23. The van der Waals surface area contributed by atoms with Gasteiger partial charge in [0.25, 0.3) is 0 Å². The Morgan fingerprint density at radius 3 is 2.43 bits per heavy atom. The molecule has 14 heavy (non-hydrogen) atoms. The van der Waals surface area contributed by atoms with E-state index in [0.29, 0.717) is 6.54 Å². The van der Waals surface area contributed by atoms with Crippen molar-refractivity contribution in [2.45, 2.75) is 13.8 Å². The quantitative estimate of drug-likeness (QED) is 0.658. The zero-order valence-electron chi connectivity index (χ0n) is 9.23. The number of hydrogen-bond donors (Lipinski definition) is 0. The smallest absolute Gasteiger partial charge is 0.242 e. The minimum absolute atomic E-state index is 0.204. The van der Waals surface area contributed by atoms with E-state index in [0.717, 1.165) is 19.8 Å². The molecule has 0 N–H and O–H groups in total. The number of amides is 1. The average Bonchev–Trinajstić information content (AvgIpc) is 2.53. The molecule has 0 aromatic carbocycles. The third-order valence-electron chi connectivity index (χ3n) is 2.39. The summed E-state index contributed by atoms with van der Waals surface area (Å²) in [5.74, 6) is 0.204. The molecule has 0 unspecified atom stereocenters. The number of carbonyl (C=O) groups excluding carboxylic acids is 1. The van der Waals surface area contributed by atoms with Crippen molar-refractivity contribution in [3.05, 3.63) is 12.4 Å². The van der Waals surface area contributed by atoms with Crippen LogP contribution in [0.4, 0.5) is 0 Å². The monoisotopic (exact) mass is 197 g/mol. The molecule has 80 valence electrons. The van der Waals surface area contributed by atoms with Crippen molar-refractivity contribution in [3.63, 3.8) is 0 Å². The van der Waals surface area contributed by atoms with Gasteiger partial charge in [0.1, 0.15) is 0 Å². The van der Waals surface area contributed by atoms with Crippen LogP contribution in [-0.4, -0.2) is 54.0 Å². The maximum absolute atomic E-state index is 11.7. The summed E-state index contributed by atoms with van der Waals surface area (Å²) in [6, 6.07) is 0. The van der Waals surface area contributed by atoms with Gasteiger partial charge in [0.15, 0.2) is 0 Å². The van der Waals surface area contributed by atoms with Gasteiger partial charge < -0.3 is 14.7 Å². The zero-order chi connectivity index (χ0) is 10.6. The maximum atomic E-state index is 11.7. The fraction of sp³-hybridized carbons (Fsp3) is 0.700. The van der Waals surface area contributed by atoms with Gasteiger partial charge in [-0.3, -0.25) is 4.79 Å². The van der Waals surface area contributed by atoms with E-state index in [9.17, 15) is 4.79 Å². The van der Waals surface area contributed by atoms with Crippen LogP contribution in [0.25, 0.3) is 0 Å². The number of likely N-dealkylation sites (N-methyl/N-ethyl adjacent to an activating group) is 1. The molecule has 4 heteroatoms. The maximum Gasteiger partial charge on any atom is 0.242 e. The molecular formula is C10H19N3O. The van der Waals surface area contributed by atoms with Crippen molar-refractivity contribution in [1.82, 2.24) is 14.7 Å². The highest BCUT2D eigenvalue weighted by atomic mass is 16.2. The second-order valence-electron chi connectivity index (χ2n) is 3.51. The van der Waals surface area contributed by atoms with Crippen LogP contribution in [0, 0.1) is 0 Å². The van der Waals surface area contributed by atoms with Gasteiger partial charge in [-0.25, -0.2) is 0 Å². The molecule has 1 aliphatic heterocycles. The van der Waals surface area contributed by atoms with Gasteiger partial charge in [-0.1, -0.05) is 0 Å². The van der Waals surface area contributed by atoms with E-state index < -0.39 is 0 Å². The van der Waals surface area contributed by atoms with Crippen LogP contribution < -0.4 is 0 Å². The summed E-state index contributed by atoms with van der Waals surface area (Å²) in [7, 11) is 2.00. The fourth-order valence-electron chi connectivity index (χ4n) is 1.54. The molecule has 4 nitrogen and oxygen atoms in total. The molecule has 0 aromatic heterocycles. The highest BCUT2D eigenvalue weighted by Gasteiger charge is 2.15. The minimum atomic E-state index is 0.204. The summed E-state index contributed by atoms with van der Waals surface area (Å²) in [5.41, 5.74) is 0. The Bertz CT molecular complexity index is 223. The summed E-state index contributed by atoms with van der Waals surface area (Å²) in [6.07, 6.45) is 3.94. The molecule has 0 radical (unpaired) electrons. The Labute approximate surface area is 85.8 Å². The standard InChI is InChI=1S/C10H19N3O/c1-4-13(5-2)10(14)8-12-7-6-11(3)9-12/h6-7H,4-5,8-9H2,1-3H3. The predicted molar refractivity (Wildman–Crippen MR) is 56.4 cm³/mol. The second kappa shape index (κ2) is 4.88. The largest absolute Gasteiger partial charge is 0.362 e. The zero-order valence-corrected chi connectivity index (χ0v) is 9.23.